The molecule has 0 N–H and O–H groups in total. The summed E-state index contributed by atoms with van der Waals surface area (Å²) < 4.78 is 2.05. The van der Waals surface area contributed by atoms with E-state index in [1.165, 1.54) is 0 Å². The SMILES string of the molecule is O=C(CCSc1ccccc1Cl)N1CCN(Cc2cn3ccccc3n2)CC1. The van der Waals surface area contributed by atoms with Crippen molar-refractivity contribution in [2.24, 2.45) is 0 Å². The molecule has 2 aromatic heterocycles. The highest BCUT2D eigenvalue weighted by Crippen LogP contribution is 2.27. The first-order valence-corrected chi connectivity index (χ1v) is 10.9. The van der Waals surface area contributed by atoms with E-state index in [0.717, 1.165) is 59.7 Å². The van der Waals surface area contributed by atoms with Crippen molar-refractivity contribution in [3.8, 4) is 0 Å². The van der Waals surface area contributed by atoms with Crippen LogP contribution in [0.25, 0.3) is 5.65 Å². The fraction of sp³-hybridized carbons (Fsp3) is 0.333. The number of hydrogen-bond acceptors (Lipinski definition) is 4. The van der Waals surface area contributed by atoms with E-state index in [1.807, 2.05) is 58.0 Å². The van der Waals surface area contributed by atoms with Gasteiger partial charge in [-0.25, -0.2) is 4.98 Å². The van der Waals surface area contributed by atoms with Gasteiger partial charge in [-0.3, -0.25) is 9.69 Å². The van der Waals surface area contributed by atoms with Crippen LogP contribution < -0.4 is 0 Å². The lowest BCUT2D eigenvalue weighted by Gasteiger charge is -2.34. The van der Waals surface area contributed by atoms with Crippen molar-refractivity contribution >= 4 is 34.9 Å². The predicted molar refractivity (Wildman–Crippen MR) is 114 cm³/mol. The van der Waals surface area contributed by atoms with Gasteiger partial charge in [0.2, 0.25) is 5.91 Å². The van der Waals surface area contributed by atoms with Crippen LogP contribution in [0.1, 0.15) is 12.1 Å². The van der Waals surface area contributed by atoms with Gasteiger partial charge in [-0.05, 0) is 24.3 Å². The minimum absolute atomic E-state index is 0.229. The average Bonchev–Trinajstić information content (AvgIpc) is 3.12. The molecule has 1 aliphatic heterocycles. The Hall–Kier alpha value is -2.02. The fourth-order valence-corrected chi connectivity index (χ4v) is 4.59. The quantitative estimate of drug-likeness (QED) is 0.575. The van der Waals surface area contributed by atoms with Crippen LogP contribution in [0.5, 0.6) is 0 Å². The molecular formula is C21H23ClN4OS. The highest BCUT2D eigenvalue weighted by molar-refractivity contribution is 7.99. The van der Waals surface area contributed by atoms with E-state index in [1.54, 1.807) is 11.8 Å². The lowest BCUT2D eigenvalue weighted by Crippen LogP contribution is -2.48. The molecule has 1 amide bonds. The smallest absolute Gasteiger partial charge is 0.223 e. The highest BCUT2D eigenvalue weighted by Gasteiger charge is 2.21. The molecule has 5 nitrogen and oxygen atoms in total. The zero-order chi connectivity index (χ0) is 19.3. The molecule has 7 heteroatoms. The Morgan fingerprint density at radius 3 is 2.64 bits per heavy atom. The third-order valence-electron chi connectivity index (χ3n) is 4.93. The lowest BCUT2D eigenvalue weighted by atomic mass is 10.2. The largest absolute Gasteiger partial charge is 0.340 e. The van der Waals surface area contributed by atoms with Gasteiger partial charge in [0.05, 0.1) is 10.7 Å². The van der Waals surface area contributed by atoms with E-state index in [-0.39, 0.29) is 5.91 Å². The van der Waals surface area contributed by atoms with Crippen molar-refractivity contribution in [2.75, 3.05) is 31.9 Å². The number of fused-ring (bicyclic) bond motifs is 1. The number of carbonyl (C=O) groups excluding carboxylic acids is 1. The Morgan fingerprint density at radius 1 is 1.07 bits per heavy atom. The monoisotopic (exact) mass is 414 g/mol. The van der Waals surface area contributed by atoms with Crippen molar-refractivity contribution in [2.45, 2.75) is 17.9 Å². The number of hydrogen-bond donors (Lipinski definition) is 0. The molecule has 4 rings (SSSR count). The zero-order valence-electron chi connectivity index (χ0n) is 15.6. The minimum atomic E-state index is 0.229. The van der Waals surface area contributed by atoms with Gasteiger partial charge in [-0.15, -0.1) is 11.8 Å². The molecule has 0 unspecified atom stereocenters. The van der Waals surface area contributed by atoms with E-state index in [4.69, 9.17) is 11.6 Å². The van der Waals surface area contributed by atoms with Crippen molar-refractivity contribution in [1.82, 2.24) is 19.2 Å². The van der Waals surface area contributed by atoms with E-state index in [0.29, 0.717) is 6.42 Å². The maximum Gasteiger partial charge on any atom is 0.223 e. The summed E-state index contributed by atoms with van der Waals surface area (Å²) in [4.78, 5) is 22.5. The van der Waals surface area contributed by atoms with Crippen LogP contribution in [-0.2, 0) is 11.3 Å². The number of piperazine rings is 1. The first-order chi connectivity index (χ1) is 13.7. The van der Waals surface area contributed by atoms with Gasteiger partial charge in [0.1, 0.15) is 5.65 Å². The van der Waals surface area contributed by atoms with Crippen LogP contribution in [0, 0.1) is 0 Å². The van der Waals surface area contributed by atoms with Gasteiger partial charge in [-0.2, -0.15) is 0 Å². The van der Waals surface area contributed by atoms with Crippen LogP contribution in [0.3, 0.4) is 0 Å². The lowest BCUT2D eigenvalue weighted by molar-refractivity contribution is -0.132. The maximum atomic E-state index is 12.5. The fourth-order valence-electron chi connectivity index (χ4n) is 3.42. The molecule has 1 fully saturated rings. The molecule has 0 atom stereocenters. The molecule has 1 saturated heterocycles. The number of rotatable bonds is 6. The van der Waals surface area contributed by atoms with E-state index < -0.39 is 0 Å². The standard InChI is InChI=1S/C21H23ClN4OS/c22-18-5-1-2-6-19(18)28-14-8-21(27)25-12-10-24(11-13-25)15-17-16-26-9-4-3-7-20(26)23-17/h1-7,9,16H,8,10-15H2. The summed E-state index contributed by atoms with van der Waals surface area (Å²) in [7, 11) is 0. The summed E-state index contributed by atoms with van der Waals surface area (Å²) in [5, 5.41) is 0.750. The van der Waals surface area contributed by atoms with Gasteiger partial charge in [0.25, 0.3) is 0 Å². The van der Waals surface area contributed by atoms with Crippen molar-refractivity contribution in [3.63, 3.8) is 0 Å². The van der Waals surface area contributed by atoms with E-state index in [9.17, 15) is 4.79 Å². The Morgan fingerprint density at radius 2 is 1.86 bits per heavy atom. The van der Waals surface area contributed by atoms with Gasteiger partial charge < -0.3 is 9.30 Å². The number of benzene rings is 1. The summed E-state index contributed by atoms with van der Waals surface area (Å²) in [5.74, 6) is 0.983. The molecule has 0 bridgehead atoms. The number of aromatic nitrogens is 2. The summed E-state index contributed by atoms with van der Waals surface area (Å²) in [6.07, 6.45) is 4.64. The second-order valence-electron chi connectivity index (χ2n) is 6.88. The molecular weight excluding hydrogens is 392 g/mol. The topological polar surface area (TPSA) is 40.9 Å². The van der Waals surface area contributed by atoms with Crippen molar-refractivity contribution in [3.05, 3.63) is 65.6 Å². The Labute approximate surface area is 174 Å². The third-order valence-corrected chi connectivity index (χ3v) is 6.45. The molecule has 3 heterocycles. The van der Waals surface area contributed by atoms with Crippen molar-refractivity contribution < 1.29 is 4.79 Å². The summed E-state index contributed by atoms with van der Waals surface area (Å²) in [5.41, 5.74) is 2.05. The summed E-state index contributed by atoms with van der Waals surface area (Å²) >= 11 is 7.81. The van der Waals surface area contributed by atoms with Crippen molar-refractivity contribution in [1.29, 1.82) is 0 Å². The van der Waals surface area contributed by atoms with Crippen LogP contribution in [0.4, 0.5) is 0 Å². The molecule has 1 aromatic carbocycles. The summed E-state index contributed by atoms with van der Waals surface area (Å²) in [6.45, 7) is 4.16. The molecule has 146 valence electrons. The number of halogens is 1. The second kappa shape index (κ2) is 8.99. The molecule has 0 aliphatic carbocycles. The minimum Gasteiger partial charge on any atom is -0.340 e. The van der Waals surface area contributed by atoms with E-state index >= 15 is 0 Å². The number of carbonyl (C=O) groups is 1. The predicted octanol–water partition coefficient (Wildman–Crippen LogP) is 3.81. The Bertz CT molecular complexity index is 919. The molecule has 0 saturated carbocycles. The average molecular weight is 415 g/mol. The van der Waals surface area contributed by atoms with Crippen LogP contribution in [0.2, 0.25) is 5.02 Å². The molecule has 1 aliphatic rings. The van der Waals surface area contributed by atoms with Crippen LogP contribution in [-0.4, -0.2) is 57.0 Å². The Kier molecular flexibility index (Phi) is 6.20. The first-order valence-electron chi connectivity index (χ1n) is 9.49. The van der Waals surface area contributed by atoms with Gasteiger partial charge in [-0.1, -0.05) is 29.8 Å². The Balaban J connectivity index is 1.22. The molecule has 0 radical (unpaired) electrons. The second-order valence-corrected chi connectivity index (χ2v) is 8.43. The first kappa shape index (κ1) is 19.3. The maximum absolute atomic E-state index is 12.5. The van der Waals surface area contributed by atoms with Gasteiger partial charge >= 0.3 is 0 Å². The summed E-state index contributed by atoms with van der Waals surface area (Å²) in [6, 6.07) is 13.8. The van der Waals surface area contributed by atoms with Gasteiger partial charge in [0, 0.05) is 62.2 Å². The number of imidazole rings is 1. The number of nitrogens with zero attached hydrogens (tertiary/aromatic N) is 4. The molecule has 3 aromatic rings. The van der Waals surface area contributed by atoms with Gasteiger partial charge in [0.15, 0.2) is 0 Å². The zero-order valence-corrected chi connectivity index (χ0v) is 17.2. The number of thioether (sulfide) groups is 1. The molecule has 28 heavy (non-hydrogen) atoms. The van der Waals surface area contributed by atoms with Crippen LogP contribution >= 0.6 is 23.4 Å². The normalized spacial score (nSPS) is 15.2. The molecule has 0 spiro atoms. The van der Waals surface area contributed by atoms with Crippen LogP contribution in [0.15, 0.2) is 59.8 Å². The number of amides is 1. The van der Waals surface area contributed by atoms with E-state index in [2.05, 4.69) is 16.1 Å². The highest BCUT2D eigenvalue weighted by atomic mass is 35.5. The third kappa shape index (κ3) is 4.69. The number of pyridine rings is 1.